The maximum Gasteiger partial charge on any atom is 0.259 e. The zero-order chi connectivity index (χ0) is 20.7. The van der Waals surface area contributed by atoms with Gasteiger partial charge in [-0.2, -0.15) is 0 Å². The average Bonchev–Trinajstić information content (AvgIpc) is 2.66. The third kappa shape index (κ3) is 5.46. The minimum Gasteiger partial charge on any atom is -0.306 e. The third-order valence-corrected chi connectivity index (χ3v) is 6.12. The lowest BCUT2D eigenvalue weighted by molar-refractivity contribution is 0.288. The smallest absolute Gasteiger partial charge is 0.259 e. The minimum absolute atomic E-state index is 0.296. The number of nitrogens with zero attached hydrogens (tertiary/aromatic N) is 2. The number of likely N-dealkylation sites (N-methyl/N-ethyl adjacent to an activating group) is 1. The van der Waals surface area contributed by atoms with E-state index in [1.54, 1.807) is 0 Å². The first-order valence-electron chi connectivity index (χ1n) is 10.5. The molecule has 0 N–H and O–H groups in total. The lowest BCUT2D eigenvalue weighted by atomic mass is 9.76. The standard InChI is InChI=1S/C26H36N2/c1-20(2)26(27-6,25-13-12-22(4)23(5)19-25)15-9-16-28(7)17-14-24-11-8-10-21(3)18-24/h8,10-13,18-20H,9,14-17H2,1-5,7H3. The van der Waals surface area contributed by atoms with Crippen molar-refractivity contribution in [3.8, 4) is 0 Å². The SMILES string of the molecule is [C-]#[N+]C(CCCN(C)CCc1cccc(C)c1)(c1ccc(C)c(C)c1)C(C)C. The van der Waals surface area contributed by atoms with E-state index in [1.165, 1.54) is 27.8 Å². The Morgan fingerprint density at radius 3 is 2.36 bits per heavy atom. The molecule has 0 aromatic heterocycles. The maximum atomic E-state index is 8.01. The largest absolute Gasteiger partial charge is 0.306 e. The van der Waals surface area contributed by atoms with Gasteiger partial charge >= 0.3 is 0 Å². The fourth-order valence-electron chi connectivity index (χ4n) is 3.94. The number of aryl methyl sites for hydroxylation is 3. The molecule has 28 heavy (non-hydrogen) atoms. The van der Waals surface area contributed by atoms with Crippen molar-refractivity contribution >= 4 is 0 Å². The van der Waals surface area contributed by atoms with Crippen LogP contribution in [0.1, 0.15) is 54.5 Å². The van der Waals surface area contributed by atoms with Crippen molar-refractivity contribution in [2.75, 3.05) is 20.1 Å². The van der Waals surface area contributed by atoms with Crippen LogP contribution in [0, 0.1) is 33.3 Å². The number of benzene rings is 2. The summed E-state index contributed by atoms with van der Waals surface area (Å²) in [6, 6.07) is 15.3. The Bertz CT molecular complexity index is 815. The van der Waals surface area contributed by atoms with E-state index in [0.29, 0.717) is 5.92 Å². The first-order chi connectivity index (χ1) is 13.3. The van der Waals surface area contributed by atoms with Crippen LogP contribution < -0.4 is 0 Å². The molecule has 0 amide bonds. The monoisotopic (exact) mass is 376 g/mol. The fraction of sp³-hybridized carbons (Fsp3) is 0.500. The molecule has 1 atom stereocenters. The molecular weight excluding hydrogens is 340 g/mol. The first-order valence-corrected chi connectivity index (χ1v) is 10.5. The van der Waals surface area contributed by atoms with Gasteiger partial charge in [0.05, 0.1) is 0 Å². The van der Waals surface area contributed by atoms with E-state index >= 15 is 0 Å². The van der Waals surface area contributed by atoms with Gasteiger partial charge in [-0.15, -0.1) is 0 Å². The van der Waals surface area contributed by atoms with Crippen molar-refractivity contribution in [2.45, 2.75) is 59.4 Å². The molecule has 0 radical (unpaired) electrons. The Hall–Kier alpha value is -2.11. The van der Waals surface area contributed by atoms with Crippen LogP contribution in [0.5, 0.6) is 0 Å². The Morgan fingerprint density at radius 2 is 1.75 bits per heavy atom. The Kier molecular flexibility index (Phi) is 7.84. The van der Waals surface area contributed by atoms with E-state index in [2.05, 4.69) is 93.9 Å². The van der Waals surface area contributed by atoms with Crippen LogP contribution >= 0.6 is 0 Å². The predicted octanol–water partition coefficient (Wildman–Crippen LogP) is 6.34. The molecule has 2 aromatic carbocycles. The van der Waals surface area contributed by atoms with Crippen molar-refractivity contribution in [2.24, 2.45) is 5.92 Å². The van der Waals surface area contributed by atoms with Crippen LogP contribution in [-0.4, -0.2) is 25.0 Å². The zero-order valence-electron chi connectivity index (χ0n) is 18.5. The topological polar surface area (TPSA) is 7.60 Å². The van der Waals surface area contributed by atoms with Crippen LogP contribution in [0.15, 0.2) is 42.5 Å². The Balaban J connectivity index is 1.98. The summed E-state index contributed by atoms with van der Waals surface area (Å²) in [5, 5.41) is 0. The highest BCUT2D eigenvalue weighted by Gasteiger charge is 2.42. The van der Waals surface area contributed by atoms with Crippen LogP contribution in [0.2, 0.25) is 0 Å². The average molecular weight is 377 g/mol. The molecule has 0 aliphatic rings. The van der Waals surface area contributed by atoms with Crippen LogP contribution in [0.3, 0.4) is 0 Å². The van der Waals surface area contributed by atoms with Crippen LogP contribution in [0.25, 0.3) is 4.85 Å². The van der Waals surface area contributed by atoms with E-state index in [-0.39, 0.29) is 0 Å². The van der Waals surface area contributed by atoms with E-state index in [1.807, 2.05) is 0 Å². The molecule has 150 valence electrons. The van der Waals surface area contributed by atoms with Gasteiger partial charge < -0.3 is 9.74 Å². The highest BCUT2D eigenvalue weighted by molar-refractivity contribution is 5.36. The maximum absolute atomic E-state index is 8.01. The van der Waals surface area contributed by atoms with Gasteiger partial charge in [0.2, 0.25) is 0 Å². The van der Waals surface area contributed by atoms with Crippen molar-refractivity contribution in [3.05, 3.63) is 81.7 Å². The van der Waals surface area contributed by atoms with Crippen molar-refractivity contribution in [1.82, 2.24) is 4.90 Å². The van der Waals surface area contributed by atoms with E-state index in [9.17, 15) is 0 Å². The normalized spacial score (nSPS) is 13.5. The molecule has 0 aliphatic carbocycles. The molecule has 2 rings (SSSR count). The number of rotatable bonds is 9. The summed E-state index contributed by atoms with van der Waals surface area (Å²) in [6.45, 7) is 20.9. The lowest BCUT2D eigenvalue weighted by Crippen LogP contribution is -2.31. The summed E-state index contributed by atoms with van der Waals surface area (Å²) in [7, 11) is 2.20. The zero-order valence-corrected chi connectivity index (χ0v) is 18.5. The van der Waals surface area contributed by atoms with E-state index in [0.717, 1.165) is 32.4 Å². The van der Waals surface area contributed by atoms with Crippen molar-refractivity contribution < 1.29 is 0 Å². The van der Waals surface area contributed by atoms with Gasteiger partial charge in [-0.3, -0.25) is 0 Å². The van der Waals surface area contributed by atoms with Gasteiger partial charge in [0, 0.05) is 24.4 Å². The molecule has 0 spiro atoms. The summed E-state index contributed by atoms with van der Waals surface area (Å²) in [4.78, 5) is 6.59. The quantitative estimate of drug-likeness (QED) is 0.464. The second-order valence-electron chi connectivity index (χ2n) is 8.64. The summed E-state index contributed by atoms with van der Waals surface area (Å²) < 4.78 is 0. The van der Waals surface area contributed by atoms with Gasteiger partial charge in [0.25, 0.3) is 5.54 Å². The Labute approximate surface area is 172 Å². The van der Waals surface area contributed by atoms with Crippen molar-refractivity contribution in [1.29, 1.82) is 0 Å². The van der Waals surface area contributed by atoms with Crippen molar-refractivity contribution in [3.63, 3.8) is 0 Å². The molecule has 0 fully saturated rings. The van der Waals surface area contributed by atoms with Gasteiger partial charge in [-0.25, -0.2) is 6.57 Å². The minimum atomic E-state index is -0.421. The summed E-state index contributed by atoms with van der Waals surface area (Å²) in [5.41, 5.74) is 6.06. The summed E-state index contributed by atoms with van der Waals surface area (Å²) >= 11 is 0. The lowest BCUT2D eigenvalue weighted by Gasteiger charge is -2.28. The molecular formula is C26H36N2. The third-order valence-electron chi connectivity index (χ3n) is 6.12. The number of hydrogen-bond acceptors (Lipinski definition) is 1. The second-order valence-corrected chi connectivity index (χ2v) is 8.64. The fourth-order valence-corrected chi connectivity index (χ4v) is 3.94. The van der Waals surface area contributed by atoms with Gasteiger partial charge in [0.1, 0.15) is 0 Å². The second kappa shape index (κ2) is 9.89. The highest BCUT2D eigenvalue weighted by atomic mass is 15.1. The van der Waals surface area contributed by atoms with Crippen LogP contribution in [0.4, 0.5) is 0 Å². The Morgan fingerprint density at radius 1 is 1.00 bits per heavy atom. The molecule has 2 heteroatoms. The number of hydrogen-bond donors (Lipinski definition) is 0. The summed E-state index contributed by atoms with van der Waals surface area (Å²) in [6.07, 6.45) is 3.02. The molecule has 0 aliphatic heterocycles. The summed E-state index contributed by atoms with van der Waals surface area (Å²) in [5.74, 6) is 0.296. The molecule has 2 aromatic rings. The van der Waals surface area contributed by atoms with Crippen LogP contribution in [-0.2, 0) is 12.0 Å². The molecule has 1 unspecified atom stereocenters. The predicted molar refractivity (Wildman–Crippen MR) is 121 cm³/mol. The first kappa shape index (κ1) is 22.2. The molecule has 0 saturated heterocycles. The highest BCUT2D eigenvalue weighted by Crippen LogP contribution is 2.39. The van der Waals surface area contributed by atoms with E-state index < -0.39 is 5.54 Å². The molecule has 0 bridgehead atoms. The van der Waals surface area contributed by atoms with Gasteiger partial charge in [-0.1, -0.05) is 55.8 Å². The molecule has 0 saturated carbocycles. The van der Waals surface area contributed by atoms with Gasteiger partial charge in [-0.05, 0) is 70.0 Å². The van der Waals surface area contributed by atoms with E-state index in [4.69, 9.17) is 6.57 Å². The molecule has 2 nitrogen and oxygen atoms in total. The van der Waals surface area contributed by atoms with Gasteiger partial charge in [0.15, 0.2) is 0 Å². The molecule has 0 heterocycles.